The summed E-state index contributed by atoms with van der Waals surface area (Å²) in [5.41, 5.74) is 0. The minimum Gasteiger partial charge on any atom is -0.544 e. The Balaban J connectivity index is 2.22. The maximum Gasteiger partial charge on any atom is 0.250 e. The van der Waals surface area contributed by atoms with Crippen LogP contribution in [0.3, 0.4) is 0 Å². The second kappa shape index (κ2) is 8.41. The van der Waals surface area contributed by atoms with Crippen molar-refractivity contribution in [2.75, 3.05) is 0 Å². The molecule has 0 amide bonds. The quantitative estimate of drug-likeness (QED) is 0.409. The standard InChI is InChI=1S/C24H38O4SSi2/c1-23(2,3)30(7,8)27-19-11-15-21(16-12-19)29(25,26)22-17-13-20(14-18-22)28-31(9,10)24(4,5)6/h11-18H,1-10H3. The summed E-state index contributed by atoms with van der Waals surface area (Å²) in [6.45, 7) is 21.7. The van der Waals surface area contributed by atoms with Crippen LogP contribution in [0.15, 0.2) is 58.3 Å². The van der Waals surface area contributed by atoms with E-state index in [0.29, 0.717) is 11.5 Å². The molecule has 0 aliphatic carbocycles. The van der Waals surface area contributed by atoms with Gasteiger partial charge in [-0.25, -0.2) is 8.42 Å². The lowest BCUT2D eigenvalue weighted by atomic mass is 10.2. The molecule has 0 atom stereocenters. The van der Waals surface area contributed by atoms with Gasteiger partial charge in [-0.15, -0.1) is 0 Å². The van der Waals surface area contributed by atoms with Gasteiger partial charge in [-0.1, -0.05) is 41.5 Å². The fraction of sp³-hybridized carbons (Fsp3) is 0.500. The fourth-order valence-corrected chi connectivity index (χ4v) is 5.73. The van der Waals surface area contributed by atoms with Gasteiger partial charge in [0.15, 0.2) is 0 Å². The van der Waals surface area contributed by atoms with Crippen molar-refractivity contribution in [3.63, 3.8) is 0 Å². The van der Waals surface area contributed by atoms with Crippen LogP contribution in [-0.2, 0) is 9.84 Å². The first-order chi connectivity index (χ1) is 13.9. The van der Waals surface area contributed by atoms with Gasteiger partial charge >= 0.3 is 0 Å². The van der Waals surface area contributed by atoms with E-state index in [4.69, 9.17) is 8.85 Å². The first-order valence-electron chi connectivity index (χ1n) is 10.7. The molecule has 0 fully saturated rings. The first-order valence-corrected chi connectivity index (χ1v) is 18.0. The summed E-state index contributed by atoms with van der Waals surface area (Å²) in [5, 5.41) is 0.151. The Bertz CT molecular complexity index is 918. The second-order valence-corrected chi connectivity index (χ2v) is 22.6. The molecule has 0 aromatic heterocycles. The summed E-state index contributed by atoms with van der Waals surface area (Å²) in [7, 11) is -7.55. The molecule has 0 unspecified atom stereocenters. The number of rotatable bonds is 6. The van der Waals surface area contributed by atoms with Gasteiger partial charge in [-0.3, -0.25) is 0 Å². The van der Waals surface area contributed by atoms with Crippen molar-refractivity contribution in [3.8, 4) is 11.5 Å². The van der Waals surface area contributed by atoms with Crippen LogP contribution in [-0.4, -0.2) is 25.1 Å². The van der Waals surface area contributed by atoms with Crippen molar-refractivity contribution < 1.29 is 17.3 Å². The van der Waals surface area contributed by atoms with E-state index in [2.05, 4.69) is 67.7 Å². The molecular formula is C24H38O4SSi2. The minimum atomic E-state index is -3.61. The van der Waals surface area contributed by atoms with Crippen LogP contribution >= 0.6 is 0 Å². The van der Waals surface area contributed by atoms with Crippen LogP contribution in [0.1, 0.15) is 41.5 Å². The SMILES string of the molecule is CC(C)(C)[Si](C)(C)Oc1ccc(S(=O)(=O)c2ccc(O[Si](C)(C)C(C)(C)C)cc2)cc1. The topological polar surface area (TPSA) is 52.6 Å². The Morgan fingerprint density at radius 2 is 0.839 bits per heavy atom. The summed E-state index contributed by atoms with van der Waals surface area (Å²) in [4.78, 5) is 0.515. The molecule has 2 aromatic rings. The molecule has 0 saturated carbocycles. The summed E-state index contributed by atoms with van der Waals surface area (Å²) < 4.78 is 38.7. The fourth-order valence-electron chi connectivity index (χ4n) is 2.41. The van der Waals surface area contributed by atoms with E-state index in [1.807, 2.05) is 0 Å². The average molecular weight is 479 g/mol. The molecule has 0 bridgehead atoms. The molecule has 0 heterocycles. The molecule has 2 aromatic carbocycles. The normalized spacial score (nSPS) is 13.7. The molecule has 172 valence electrons. The summed E-state index contributed by atoms with van der Waals surface area (Å²) >= 11 is 0. The highest BCUT2D eigenvalue weighted by molar-refractivity contribution is 7.91. The molecule has 0 saturated heterocycles. The summed E-state index contributed by atoms with van der Waals surface area (Å²) in [6.07, 6.45) is 0. The van der Waals surface area contributed by atoms with Gasteiger partial charge in [-0.2, -0.15) is 0 Å². The van der Waals surface area contributed by atoms with Crippen LogP contribution in [0.25, 0.3) is 0 Å². The molecule has 0 radical (unpaired) electrons. The van der Waals surface area contributed by atoms with E-state index in [1.165, 1.54) is 0 Å². The Morgan fingerprint density at radius 1 is 0.581 bits per heavy atom. The van der Waals surface area contributed by atoms with E-state index >= 15 is 0 Å². The van der Waals surface area contributed by atoms with Crippen LogP contribution in [0.5, 0.6) is 11.5 Å². The Kier molecular flexibility index (Phi) is 6.97. The third-order valence-corrected chi connectivity index (χ3v) is 17.1. The van der Waals surface area contributed by atoms with Gasteiger partial charge in [0.25, 0.3) is 0 Å². The molecule has 2 rings (SSSR count). The maximum absolute atomic E-state index is 13.1. The van der Waals surface area contributed by atoms with Crippen molar-refractivity contribution in [2.24, 2.45) is 0 Å². The van der Waals surface area contributed by atoms with Crippen molar-refractivity contribution >= 4 is 26.5 Å². The van der Waals surface area contributed by atoms with Gasteiger partial charge in [0.1, 0.15) is 11.5 Å². The lowest BCUT2D eigenvalue weighted by Gasteiger charge is -2.36. The summed E-state index contributed by atoms with van der Waals surface area (Å²) in [5.74, 6) is 1.42. The predicted octanol–water partition coefficient (Wildman–Crippen LogP) is 7.29. The molecule has 4 nitrogen and oxygen atoms in total. The largest absolute Gasteiger partial charge is 0.544 e. The van der Waals surface area contributed by atoms with E-state index in [9.17, 15) is 8.42 Å². The predicted molar refractivity (Wildman–Crippen MR) is 134 cm³/mol. The minimum absolute atomic E-state index is 0.0754. The zero-order valence-electron chi connectivity index (χ0n) is 20.7. The number of benzene rings is 2. The first kappa shape index (κ1) is 25.7. The highest BCUT2D eigenvalue weighted by Crippen LogP contribution is 2.39. The van der Waals surface area contributed by atoms with Crippen LogP contribution < -0.4 is 8.85 Å². The second-order valence-electron chi connectivity index (χ2n) is 11.2. The van der Waals surface area contributed by atoms with E-state index in [0.717, 1.165) is 0 Å². The Labute approximate surface area is 191 Å². The van der Waals surface area contributed by atoms with E-state index in [1.54, 1.807) is 48.5 Å². The molecule has 0 spiro atoms. The zero-order chi connectivity index (χ0) is 23.9. The van der Waals surface area contributed by atoms with Gasteiger partial charge in [0.2, 0.25) is 26.5 Å². The highest BCUT2D eigenvalue weighted by Gasteiger charge is 2.39. The number of hydrogen-bond donors (Lipinski definition) is 0. The average Bonchev–Trinajstić information content (AvgIpc) is 2.60. The van der Waals surface area contributed by atoms with Crippen LogP contribution in [0.4, 0.5) is 0 Å². The van der Waals surface area contributed by atoms with E-state index < -0.39 is 26.5 Å². The molecule has 0 N–H and O–H groups in total. The Morgan fingerprint density at radius 3 is 1.06 bits per heavy atom. The van der Waals surface area contributed by atoms with Gasteiger partial charge in [0, 0.05) is 0 Å². The number of hydrogen-bond acceptors (Lipinski definition) is 4. The zero-order valence-corrected chi connectivity index (χ0v) is 23.5. The highest BCUT2D eigenvalue weighted by atomic mass is 32.2. The summed E-state index contributed by atoms with van der Waals surface area (Å²) in [6, 6.07) is 13.5. The van der Waals surface area contributed by atoms with Gasteiger partial charge in [-0.05, 0) is 84.8 Å². The van der Waals surface area contributed by atoms with Gasteiger partial charge in [0.05, 0.1) is 9.79 Å². The van der Waals surface area contributed by atoms with Crippen molar-refractivity contribution in [1.29, 1.82) is 0 Å². The third-order valence-electron chi connectivity index (χ3n) is 6.63. The number of sulfone groups is 1. The van der Waals surface area contributed by atoms with E-state index in [-0.39, 0.29) is 19.9 Å². The molecule has 0 aliphatic heterocycles. The lowest BCUT2D eigenvalue weighted by molar-refractivity contribution is 0.492. The van der Waals surface area contributed by atoms with Gasteiger partial charge < -0.3 is 8.85 Å². The maximum atomic E-state index is 13.1. The Hall–Kier alpha value is -1.58. The molecule has 31 heavy (non-hydrogen) atoms. The van der Waals surface area contributed by atoms with Crippen molar-refractivity contribution in [1.82, 2.24) is 0 Å². The smallest absolute Gasteiger partial charge is 0.250 e. The van der Waals surface area contributed by atoms with Crippen LogP contribution in [0.2, 0.25) is 36.3 Å². The molecule has 0 aliphatic rings. The molecule has 7 heteroatoms. The lowest BCUT2D eigenvalue weighted by Crippen LogP contribution is -2.43. The third kappa shape index (κ3) is 5.81. The molecular weight excluding hydrogens is 440 g/mol. The monoisotopic (exact) mass is 478 g/mol. The van der Waals surface area contributed by atoms with Crippen LogP contribution in [0, 0.1) is 0 Å². The van der Waals surface area contributed by atoms with Crippen molar-refractivity contribution in [3.05, 3.63) is 48.5 Å². The van der Waals surface area contributed by atoms with Crippen molar-refractivity contribution in [2.45, 2.75) is 87.6 Å².